The summed E-state index contributed by atoms with van der Waals surface area (Å²) < 4.78 is 5.24. The standard InChI is InChI=1S/C20H23N5O/c1-13-15(14(2)26-25-13)8-6-12-22-19-16-7-5-10-17(16)23-20(24-19)18-9-3-4-11-21-18/h3-4,9,11H,5-8,10,12H2,1-2H3,(H,22,23,24). The van der Waals surface area contributed by atoms with E-state index in [1.807, 2.05) is 32.0 Å². The van der Waals surface area contributed by atoms with Gasteiger partial charge in [-0.2, -0.15) is 0 Å². The smallest absolute Gasteiger partial charge is 0.180 e. The molecule has 0 spiro atoms. The second-order valence-electron chi connectivity index (χ2n) is 6.72. The number of aromatic nitrogens is 4. The third-order valence-electron chi connectivity index (χ3n) is 4.90. The monoisotopic (exact) mass is 349 g/mol. The highest BCUT2D eigenvalue weighted by Gasteiger charge is 2.20. The summed E-state index contributed by atoms with van der Waals surface area (Å²) in [7, 11) is 0. The van der Waals surface area contributed by atoms with E-state index >= 15 is 0 Å². The molecule has 0 radical (unpaired) electrons. The van der Waals surface area contributed by atoms with Gasteiger partial charge in [-0.05, 0) is 58.1 Å². The second kappa shape index (κ2) is 7.23. The number of hydrogen-bond donors (Lipinski definition) is 1. The summed E-state index contributed by atoms with van der Waals surface area (Å²) >= 11 is 0. The van der Waals surface area contributed by atoms with Gasteiger partial charge in [0.25, 0.3) is 0 Å². The molecule has 3 aromatic heterocycles. The fraction of sp³-hybridized carbons (Fsp3) is 0.400. The SMILES string of the molecule is Cc1noc(C)c1CCCNc1nc(-c2ccccn2)nc2c1CCC2. The van der Waals surface area contributed by atoms with Crippen molar-refractivity contribution in [2.75, 3.05) is 11.9 Å². The molecule has 1 aliphatic carbocycles. The van der Waals surface area contributed by atoms with Crippen LogP contribution in [0.4, 0.5) is 5.82 Å². The van der Waals surface area contributed by atoms with Crippen molar-refractivity contribution >= 4 is 5.82 Å². The lowest BCUT2D eigenvalue weighted by Crippen LogP contribution is -2.10. The summed E-state index contributed by atoms with van der Waals surface area (Å²) in [5.41, 5.74) is 5.45. The Balaban J connectivity index is 1.48. The first-order valence-corrected chi connectivity index (χ1v) is 9.19. The Labute approximate surface area is 153 Å². The Morgan fingerprint density at radius 3 is 2.85 bits per heavy atom. The van der Waals surface area contributed by atoms with Crippen molar-refractivity contribution in [2.45, 2.75) is 46.0 Å². The van der Waals surface area contributed by atoms with Gasteiger partial charge in [-0.3, -0.25) is 4.98 Å². The molecule has 134 valence electrons. The summed E-state index contributed by atoms with van der Waals surface area (Å²) in [5.74, 6) is 2.59. The van der Waals surface area contributed by atoms with Gasteiger partial charge in [-0.25, -0.2) is 9.97 Å². The molecule has 0 bridgehead atoms. The van der Waals surface area contributed by atoms with E-state index in [1.165, 1.54) is 11.1 Å². The molecule has 0 fully saturated rings. The summed E-state index contributed by atoms with van der Waals surface area (Å²) in [6.45, 7) is 4.82. The third kappa shape index (κ3) is 3.31. The predicted octanol–water partition coefficient (Wildman–Crippen LogP) is 3.68. The normalized spacial score (nSPS) is 13.0. The molecule has 0 amide bonds. The van der Waals surface area contributed by atoms with E-state index in [2.05, 4.69) is 15.5 Å². The summed E-state index contributed by atoms with van der Waals surface area (Å²) in [4.78, 5) is 13.9. The molecule has 0 unspecified atom stereocenters. The van der Waals surface area contributed by atoms with Gasteiger partial charge < -0.3 is 9.84 Å². The van der Waals surface area contributed by atoms with Crippen LogP contribution in [0, 0.1) is 13.8 Å². The van der Waals surface area contributed by atoms with Crippen LogP contribution < -0.4 is 5.32 Å². The Kier molecular flexibility index (Phi) is 4.65. The fourth-order valence-corrected chi connectivity index (χ4v) is 3.52. The highest BCUT2D eigenvalue weighted by atomic mass is 16.5. The maximum atomic E-state index is 5.24. The highest BCUT2D eigenvalue weighted by Crippen LogP contribution is 2.28. The van der Waals surface area contributed by atoms with E-state index in [1.54, 1.807) is 6.20 Å². The van der Waals surface area contributed by atoms with Gasteiger partial charge in [0.1, 0.15) is 17.3 Å². The zero-order chi connectivity index (χ0) is 17.9. The van der Waals surface area contributed by atoms with Crippen molar-refractivity contribution in [2.24, 2.45) is 0 Å². The summed E-state index contributed by atoms with van der Waals surface area (Å²) in [6, 6.07) is 5.83. The molecule has 3 heterocycles. The van der Waals surface area contributed by atoms with E-state index in [-0.39, 0.29) is 0 Å². The largest absolute Gasteiger partial charge is 0.370 e. The average Bonchev–Trinajstić information content (AvgIpc) is 3.26. The Hall–Kier alpha value is -2.76. The first-order chi connectivity index (χ1) is 12.7. The Morgan fingerprint density at radius 1 is 1.15 bits per heavy atom. The van der Waals surface area contributed by atoms with Gasteiger partial charge in [0.2, 0.25) is 0 Å². The predicted molar refractivity (Wildman–Crippen MR) is 100 cm³/mol. The number of aryl methyl sites for hydroxylation is 3. The molecule has 0 saturated heterocycles. The van der Waals surface area contributed by atoms with Crippen molar-refractivity contribution in [1.29, 1.82) is 0 Å². The quantitative estimate of drug-likeness (QED) is 0.684. The van der Waals surface area contributed by atoms with Gasteiger partial charge in [-0.15, -0.1) is 0 Å². The molecule has 3 aromatic rings. The second-order valence-corrected chi connectivity index (χ2v) is 6.72. The van der Waals surface area contributed by atoms with Gasteiger partial charge in [0.15, 0.2) is 5.82 Å². The molecule has 6 nitrogen and oxygen atoms in total. The van der Waals surface area contributed by atoms with Crippen molar-refractivity contribution in [3.05, 3.63) is 52.7 Å². The summed E-state index contributed by atoms with van der Waals surface area (Å²) in [5, 5.41) is 7.55. The van der Waals surface area contributed by atoms with Crippen molar-refractivity contribution in [3.8, 4) is 11.5 Å². The maximum Gasteiger partial charge on any atom is 0.180 e. The van der Waals surface area contributed by atoms with Crippen LogP contribution in [-0.2, 0) is 19.3 Å². The van der Waals surface area contributed by atoms with Gasteiger partial charge in [0, 0.05) is 29.6 Å². The van der Waals surface area contributed by atoms with Gasteiger partial charge in [-0.1, -0.05) is 11.2 Å². The molecule has 4 rings (SSSR count). The molecule has 1 N–H and O–H groups in total. The van der Waals surface area contributed by atoms with E-state index < -0.39 is 0 Å². The maximum absolute atomic E-state index is 5.24. The van der Waals surface area contributed by atoms with Crippen LogP contribution in [0.2, 0.25) is 0 Å². The summed E-state index contributed by atoms with van der Waals surface area (Å²) in [6.07, 6.45) is 6.94. The minimum Gasteiger partial charge on any atom is -0.370 e. The fourth-order valence-electron chi connectivity index (χ4n) is 3.52. The lowest BCUT2D eigenvalue weighted by Gasteiger charge is -2.12. The number of anilines is 1. The van der Waals surface area contributed by atoms with Crippen molar-refractivity contribution in [1.82, 2.24) is 20.1 Å². The lowest BCUT2D eigenvalue weighted by molar-refractivity contribution is 0.392. The van der Waals surface area contributed by atoms with Crippen LogP contribution in [0.1, 0.15) is 41.1 Å². The van der Waals surface area contributed by atoms with E-state index in [9.17, 15) is 0 Å². The Morgan fingerprint density at radius 2 is 2.08 bits per heavy atom. The van der Waals surface area contributed by atoms with Crippen molar-refractivity contribution in [3.63, 3.8) is 0 Å². The van der Waals surface area contributed by atoms with Crippen LogP contribution >= 0.6 is 0 Å². The average molecular weight is 349 g/mol. The molecule has 0 aliphatic heterocycles. The minimum absolute atomic E-state index is 0.708. The van der Waals surface area contributed by atoms with Gasteiger partial charge >= 0.3 is 0 Å². The zero-order valence-electron chi connectivity index (χ0n) is 15.2. The van der Waals surface area contributed by atoms with Crippen LogP contribution in [0.5, 0.6) is 0 Å². The van der Waals surface area contributed by atoms with E-state index in [0.29, 0.717) is 5.82 Å². The van der Waals surface area contributed by atoms with Crippen LogP contribution in [0.3, 0.4) is 0 Å². The van der Waals surface area contributed by atoms with Crippen LogP contribution in [-0.4, -0.2) is 26.7 Å². The topological polar surface area (TPSA) is 76.7 Å². The third-order valence-corrected chi connectivity index (χ3v) is 4.90. The number of nitrogens with zero attached hydrogens (tertiary/aromatic N) is 4. The molecule has 6 heteroatoms. The number of hydrogen-bond acceptors (Lipinski definition) is 6. The van der Waals surface area contributed by atoms with Crippen LogP contribution in [0.15, 0.2) is 28.9 Å². The van der Waals surface area contributed by atoms with E-state index in [0.717, 1.165) is 67.3 Å². The van der Waals surface area contributed by atoms with Crippen LogP contribution in [0.25, 0.3) is 11.5 Å². The molecule has 0 saturated carbocycles. The zero-order valence-corrected chi connectivity index (χ0v) is 15.2. The molecular weight excluding hydrogens is 326 g/mol. The highest BCUT2D eigenvalue weighted by molar-refractivity contribution is 5.57. The minimum atomic E-state index is 0.708. The molecule has 0 aromatic carbocycles. The first kappa shape index (κ1) is 16.7. The first-order valence-electron chi connectivity index (χ1n) is 9.19. The molecule has 0 atom stereocenters. The van der Waals surface area contributed by atoms with Gasteiger partial charge in [0.05, 0.1) is 5.69 Å². The lowest BCUT2D eigenvalue weighted by atomic mass is 10.1. The van der Waals surface area contributed by atoms with Crippen molar-refractivity contribution < 1.29 is 4.52 Å². The molecular formula is C20H23N5O. The number of rotatable bonds is 6. The van der Waals surface area contributed by atoms with E-state index in [4.69, 9.17) is 14.5 Å². The molecule has 26 heavy (non-hydrogen) atoms. The molecule has 1 aliphatic rings. The number of pyridine rings is 1. The Bertz CT molecular complexity index is 885. The number of fused-ring (bicyclic) bond motifs is 1. The number of nitrogens with one attached hydrogen (secondary N) is 1.